The Hall–Kier alpha value is -2.98. The number of benzene rings is 2. The third-order valence-corrected chi connectivity index (χ3v) is 6.59. The molecule has 1 aliphatic heterocycles. The molecule has 3 rings (SSSR count). The number of non-ortho nitro benzene ring substituents is 1. The number of hydrogen-bond donors (Lipinski definition) is 0. The van der Waals surface area contributed by atoms with Gasteiger partial charge in [0.25, 0.3) is 11.6 Å². The van der Waals surface area contributed by atoms with E-state index < -0.39 is 20.9 Å². The molecule has 154 valence electrons. The second kappa shape index (κ2) is 8.58. The monoisotopic (exact) mass is 419 g/mol. The molecule has 1 heterocycles. The third-order valence-electron chi connectivity index (χ3n) is 4.74. The fourth-order valence-electron chi connectivity index (χ4n) is 3.19. The van der Waals surface area contributed by atoms with Crippen LogP contribution in [-0.2, 0) is 15.8 Å². The highest BCUT2D eigenvalue weighted by Crippen LogP contribution is 2.26. The number of nitro benzene ring substituents is 1. The molecule has 0 atom stereocenters. The Morgan fingerprint density at radius 3 is 2.34 bits per heavy atom. The quantitative estimate of drug-likeness (QED) is 0.522. The summed E-state index contributed by atoms with van der Waals surface area (Å²) < 4.78 is 31.8. The van der Waals surface area contributed by atoms with Crippen LogP contribution in [-0.4, -0.2) is 61.7 Å². The summed E-state index contributed by atoms with van der Waals surface area (Å²) in [6.45, 7) is 0.716. The summed E-state index contributed by atoms with van der Waals surface area (Å²) >= 11 is 0. The first-order chi connectivity index (χ1) is 13.8. The van der Waals surface area contributed by atoms with Crippen LogP contribution >= 0.6 is 0 Å². The molecule has 29 heavy (non-hydrogen) atoms. The molecule has 0 aliphatic carbocycles. The molecule has 1 aliphatic rings. The predicted molar refractivity (Wildman–Crippen MR) is 106 cm³/mol. The number of methoxy groups -OCH3 is 1. The van der Waals surface area contributed by atoms with E-state index in [0.717, 1.165) is 0 Å². The van der Waals surface area contributed by atoms with Crippen molar-refractivity contribution in [2.75, 3.05) is 33.3 Å². The first kappa shape index (κ1) is 20.7. The van der Waals surface area contributed by atoms with Crippen molar-refractivity contribution in [3.8, 4) is 5.75 Å². The van der Waals surface area contributed by atoms with Gasteiger partial charge in [0.1, 0.15) is 5.75 Å². The Labute approximate surface area is 168 Å². The number of piperazine rings is 1. The van der Waals surface area contributed by atoms with Crippen molar-refractivity contribution in [2.45, 2.75) is 5.75 Å². The molecule has 0 radical (unpaired) electrons. The number of hydrogen-bond acceptors (Lipinski definition) is 6. The van der Waals surface area contributed by atoms with Gasteiger partial charge in [-0.25, -0.2) is 8.42 Å². The number of amides is 1. The van der Waals surface area contributed by atoms with Gasteiger partial charge in [0, 0.05) is 38.3 Å². The number of carbonyl (C=O) groups is 1. The van der Waals surface area contributed by atoms with Gasteiger partial charge in [0.15, 0.2) is 0 Å². The molecular formula is C19H21N3O6S. The minimum atomic E-state index is -3.50. The lowest BCUT2D eigenvalue weighted by Crippen LogP contribution is -2.50. The summed E-state index contributed by atoms with van der Waals surface area (Å²) in [5.41, 5.74) is 0.577. The number of nitrogens with zero attached hydrogens (tertiary/aromatic N) is 3. The minimum Gasteiger partial charge on any atom is -0.496 e. The first-order valence-electron chi connectivity index (χ1n) is 8.95. The summed E-state index contributed by atoms with van der Waals surface area (Å²) in [5, 5.41) is 11.0. The molecule has 1 saturated heterocycles. The van der Waals surface area contributed by atoms with Crippen LogP contribution in [0.25, 0.3) is 0 Å². The average molecular weight is 419 g/mol. The summed E-state index contributed by atoms with van der Waals surface area (Å²) in [5.74, 6) is -0.286. The smallest absolute Gasteiger partial charge is 0.270 e. The van der Waals surface area contributed by atoms with Crippen LogP contribution in [0.2, 0.25) is 0 Å². The van der Waals surface area contributed by atoms with Crippen LogP contribution < -0.4 is 4.74 Å². The van der Waals surface area contributed by atoms with Crippen molar-refractivity contribution in [3.63, 3.8) is 0 Å². The van der Waals surface area contributed by atoms with Crippen molar-refractivity contribution in [3.05, 3.63) is 69.8 Å². The Kier molecular flexibility index (Phi) is 6.14. The third kappa shape index (κ3) is 4.72. The van der Waals surface area contributed by atoms with Crippen molar-refractivity contribution >= 4 is 21.6 Å². The molecule has 2 aromatic carbocycles. The van der Waals surface area contributed by atoms with Gasteiger partial charge in [-0.15, -0.1) is 0 Å². The average Bonchev–Trinajstić information content (AvgIpc) is 2.73. The van der Waals surface area contributed by atoms with E-state index in [1.807, 2.05) is 6.07 Å². The SMILES string of the molecule is COc1ccc([N+](=O)[O-])cc1C(=O)N1CCN(S(=O)(=O)Cc2ccccc2)CC1. The Bertz CT molecular complexity index is 1000. The van der Waals surface area contributed by atoms with E-state index in [-0.39, 0.29) is 48.9 Å². The maximum Gasteiger partial charge on any atom is 0.270 e. The Morgan fingerprint density at radius 1 is 1.10 bits per heavy atom. The van der Waals surface area contributed by atoms with Gasteiger partial charge in [-0.05, 0) is 11.6 Å². The summed E-state index contributed by atoms with van der Waals surface area (Å²) in [6, 6.07) is 12.7. The highest BCUT2D eigenvalue weighted by atomic mass is 32.2. The van der Waals surface area contributed by atoms with Crippen LogP contribution in [0.5, 0.6) is 5.75 Å². The molecule has 0 N–H and O–H groups in total. The molecule has 0 saturated carbocycles. The zero-order valence-electron chi connectivity index (χ0n) is 15.9. The van der Waals surface area contributed by atoms with Crippen molar-refractivity contribution < 1.29 is 22.9 Å². The lowest BCUT2D eigenvalue weighted by molar-refractivity contribution is -0.384. The highest BCUT2D eigenvalue weighted by molar-refractivity contribution is 7.88. The molecule has 1 amide bonds. The van der Waals surface area contributed by atoms with Gasteiger partial charge in [0.05, 0.1) is 23.3 Å². The second-order valence-electron chi connectivity index (χ2n) is 6.57. The first-order valence-corrected chi connectivity index (χ1v) is 10.6. The van der Waals surface area contributed by atoms with E-state index >= 15 is 0 Å². The van der Waals surface area contributed by atoms with E-state index in [0.29, 0.717) is 5.56 Å². The Morgan fingerprint density at radius 2 is 1.76 bits per heavy atom. The maximum atomic E-state index is 12.9. The van der Waals surface area contributed by atoms with Gasteiger partial charge in [0.2, 0.25) is 10.0 Å². The fraction of sp³-hybridized carbons (Fsp3) is 0.316. The van der Waals surface area contributed by atoms with Gasteiger partial charge in [-0.1, -0.05) is 30.3 Å². The molecule has 10 heteroatoms. The molecule has 0 unspecified atom stereocenters. The number of ether oxygens (including phenoxy) is 1. The topological polar surface area (TPSA) is 110 Å². The molecule has 0 bridgehead atoms. The number of sulfonamides is 1. The lowest BCUT2D eigenvalue weighted by Gasteiger charge is -2.34. The maximum absolute atomic E-state index is 12.9. The van der Waals surface area contributed by atoms with Gasteiger partial charge in [-0.3, -0.25) is 14.9 Å². The Balaban J connectivity index is 1.70. The molecule has 0 spiro atoms. The molecule has 1 fully saturated rings. The fourth-order valence-corrected chi connectivity index (χ4v) is 4.71. The minimum absolute atomic E-state index is 0.0855. The van der Waals surface area contributed by atoms with E-state index in [2.05, 4.69) is 0 Å². The van der Waals surface area contributed by atoms with Gasteiger partial charge < -0.3 is 9.64 Å². The summed E-state index contributed by atoms with van der Waals surface area (Å²) in [4.78, 5) is 24.8. The van der Waals surface area contributed by atoms with Crippen LogP contribution in [0.3, 0.4) is 0 Å². The van der Waals surface area contributed by atoms with Gasteiger partial charge >= 0.3 is 0 Å². The van der Waals surface area contributed by atoms with Crippen LogP contribution in [0.15, 0.2) is 48.5 Å². The summed E-state index contributed by atoms with van der Waals surface area (Å²) in [7, 11) is -2.12. The van der Waals surface area contributed by atoms with Crippen molar-refractivity contribution in [1.29, 1.82) is 0 Å². The highest BCUT2D eigenvalue weighted by Gasteiger charge is 2.30. The van der Waals surface area contributed by atoms with Gasteiger partial charge in [-0.2, -0.15) is 4.31 Å². The number of nitro groups is 1. The van der Waals surface area contributed by atoms with Crippen LogP contribution in [0.4, 0.5) is 5.69 Å². The van der Waals surface area contributed by atoms with Crippen LogP contribution in [0.1, 0.15) is 15.9 Å². The normalized spacial score (nSPS) is 15.1. The van der Waals surface area contributed by atoms with Crippen LogP contribution in [0, 0.1) is 10.1 Å². The van der Waals surface area contributed by atoms with Crippen molar-refractivity contribution in [1.82, 2.24) is 9.21 Å². The zero-order chi connectivity index (χ0) is 21.0. The van der Waals surface area contributed by atoms with E-state index in [1.54, 1.807) is 24.3 Å². The van der Waals surface area contributed by atoms with E-state index in [9.17, 15) is 23.3 Å². The largest absolute Gasteiger partial charge is 0.496 e. The molecular weight excluding hydrogens is 398 g/mol. The van der Waals surface area contributed by atoms with Crippen molar-refractivity contribution in [2.24, 2.45) is 0 Å². The molecule has 9 nitrogen and oxygen atoms in total. The van der Waals surface area contributed by atoms with E-state index in [1.165, 1.54) is 34.5 Å². The molecule has 0 aromatic heterocycles. The standard InChI is InChI=1S/C19H21N3O6S/c1-28-18-8-7-16(22(24)25)13-17(18)19(23)20-9-11-21(12-10-20)29(26,27)14-15-5-3-2-4-6-15/h2-8,13H,9-12,14H2,1H3. The number of rotatable bonds is 6. The zero-order valence-corrected chi connectivity index (χ0v) is 16.7. The van der Waals surface area contributed by atoms with E-state index in [4.69, 9.17) is 4.74 Å². The molecule has 2 aromatic rings. The lowest BCUT2D eigenvalue weighted by atomic mass is 10.1. The second-order valence-corrected chi connectivity index (χ2v) is 8.54. The number of carbonyl (C=O) groups excluding carboxylic acids is 1. The summed E-state index contributed by atoms with van der Waals surface area (Å²) in [6.07, 6.45) is 0. The predicted octanol–water partition coefficient (Wildman–Crippen LogP) is 1.89.